The van der Waals surface area contributed by atoms with Crippen LogP contribution in [0, 0.1) is 10.1 Å². The summed E-state index contributed by atoms with van der Waals surface area (Å²) in [6.45, 7) is 2.48. The number of non-ortho nitro benzene ring substituents is 1. The number of rotatable bonds is 3. The van der Waals surface area contributed by atoms with Crippen LogP contribution in [0.3, 0.4) is 0 Å². The van der Waals surface area contributed by atoms with Gasteiger partial charge in [-0.1, -0.05) is 24.3 Å². The van der Waals surface area contributed by atoms with Crippen molar-refractivity contribution in [2.45, 2.75) is 19.6 Å². The Kier molecular flexibility index (Phi) is 3.31. The van der Waals surface area contributed by atoms with Crippen LogP contribution in [0.1, 0.15) is 11.1 Å². The zero-order valence-corrected chi connectivity index (χ0v) is 12.6. The second-order valence-corrected chi connectivity index (χ2v) is 5.86. The zero-order chi connectivity index (χ0) is 15.8. The molecule has 0 atom stereocenters. The molecular weight excluding hydrogens is 292 g/mol. The Bertz CT molecular complexity index is 887. The molecule has 0 aliphatic carbocycles. The van der Waals surface area contributed by atoms with E-state index in [1.165, 1.54) is 17.2 Å². The first-order valence-corrected chi connectivity index (χ1v) is 7.60. The molecule has 23 heavy (non-hydrogen) atoms. The summed E-state index contributed by atoms with van der Waals surface area (Å²) >= 11 is 0. The standard InChI is InChI=1S/C17H16N4O2/c22-21(23)16-6-5-14-10-18-20(17(14)9-16)12-19-8-7-13-3-1-2-4-15(13)11-19/h1-6,9-10H,7-8,11-12H2. The number of benzene rings is 2. The number of nitrogens with zero attached hydrogens (tertiary/aromatic N) is 4. The third-order valence-corrected chi connectivity index (χ3v) is 4.38. The van der Waals surface area contributed by atoms with Crippen LogP contribution in [-0.4, -0.2) is 26.1 Å². The Hall–Kier alpha value is -2.73. The van der Waals surface area contributed by atoms with Crippen molar-refractivity contribution in [1.29, 1.82) is 0 Å². The van der Waals surface area contributed by atoms with Crippen molar-refractivity contribution >= 4 is 16.6 Å². The fraction of sp³-hybridized carbons (Fsp3) is 0.235. The van der Waals surface area contributed by atoms with Crippen LogP contribution in [0.4, 0.5) is 5.69 Å². The molecular formula is C17H16N4O2. The summed E-state index contributed by atoms with van der Waals surface area (Å²) in [5.41, 5.74) is 3.66. The van der Waals surface area contributed by atoms with Gasteiger partial charge < -0.3 is 0 Å². The highest BCUT2D eigenvalue weighted by atomic mass is 16.6. The van der Waals surface area contributed by atoms with Crippen molar-refractivity contribution in [3.05, 3.63) is 69.9 Å². The predicted molar refractivity (Wildman–Crippen MR) is 86.9 cm³/mol. The second kappa shape index (κ2) is 5.48. The third kappa shape index (κ3) is 2.57. The molecule has 0 bridgehead atoms. The largest absolute Gasteiger partial charge is 0.280 e. The molecule has 1 aliphatic heterocycles. The third-order valence-electron chi connectivity index (χ3n) is 4.38. The summed E-state index contributed by atoms with van der Waals surface area (Å²) in [6, 6.07) is 13.4. The molecule has 0 saturated heterocycles. The molecule has 116 valence electrons. The highest BCUT2D eigenvalue weighted by Crippen LogP contribution is 2.23. The zero-order valence-electron chi connectivity index (χ0n) is 12.6. The SMILES string of the molecule is O=[N+]([O-])c1ccc2cnn(CN3CCc4ccccc4C3)c2c1. The van der Waals surface area contributed by atoms with Gasteiger partial charge in [0.15, 0.2) is 0 Å². The van der Waals surface area contributed by atoms with E-state index in [0.29, 0.717) is 6.67 Å². The minimum atomic E-state index is -0.367. The molecule has 0 unspecified atom stereocenters. The van der Waals surface area contributed by atoms with E-state index in [4.69, 9.17) is 0 Å². The normalized spacial score (nSPS) is 14.8. The van der Waals surface area contributed by atoms with Crippen molar-refractivity contribution in [3.63, 3.8) is 0 Å². The van der Waals surface area contributed by atoms with Crippen molar-refractivity contribution in [3.8, 4) is 0 Å². The first-order valence-electron chi connectivity index (χ1n) is 7.60. The molecule has 0 saturated carbocycles. The predicted octanol–water partition coefficient (Wildman–Crippen LogP) is 2.96. The smallest absolute Gasteiger partial charge is 0.271 e. The number of nitro groups is 1. The van der Waals surface area contributed by atoms with E-state index in [1.54, 1.807) is 18.3 Å². The molecule has 0 radical (unpaired) electrons. The molecule has 1 aliphatic rings. The molecule has 1 aromatic heterocycles. The lowest BCUT2D eigenvalue weighted by Gasteiger charge is -2.28. The van der Waals surface area contributed by atoms with Crippen LogP contribution in [0.25, 0.3) is 10.9 Å². The molecule has 0 spiro atoms. The van der Waals surface area contributed by atoms with E-state index < -0.39 is 0 Å². The van der Waals surface area contributed by atoms with Crippen molar-refractivity contribution < 1.29 is 4.92 Å². The van der Waals surface area contributed by atoms with Crippen LogP contribution < -0.4 is 0 Å². The Morgan fingerprint density at radius 2 is 2.00 bits per heavy atom. The maximum absolute atomic E-state index is 11.0. The molecule has 2 aromatic carbocycles. The Morgan fingerprint density at radius 1 is 1.17 bits per heavy atom. The minimum Gasteiger partial charge on any atom is -0.280 e. The van der Waals surface area contributed by atoms with Gasteiger partial charge in [0.1, 0.15) is 0 Å². The number of fused-ring (bicyclic) bond motifs is 2. The van der Waals surface area contributed by atoms with E-state index >= 15 is 0 Å². The molecule has 0 fully saturated rings. The fourth-order valence-electron chi connectivity index (χ4n) is 3.15. The van der Waals surface area contributed by atoms with E-state index in [0.717, 1.165) is 30.4 Å². The Balaban J connectivity index is 1.61. The average molecular weight is 308 g/mol. The average Bonchev–Trinajstić information content (AvgIpc) is 2.97. The van der Waals surface area contributed by atoms with E-state index in [9.17, 15) is 10.1 Å². The highest BCUT2D eigenvalue weighted by Gasteiger charge is 2.17. The first-order chi connectivity index (χ1) is 11.2. The van der Waals surface area contributed by atoms with Crippen LogP contribution in [0.15, 0.2) is 48.7 Å². The molecule has 4 rings (SSSR count). The number of hydrogen-bond acceptors (Lipinski definition) is 4. The minimum absolute atomic E-state index is 0.100. The topological polar surface area (TPSA) is 64.2 Å². The van der Waals surface area contributed by atoms with Gasteiger partial charge in [-0.3, -0.25) is 19.7 Å². The quantitative estimate of drug-likeness (QED) is 0.551. The summed E-state index contributed by atoms with van der Waals surface area (Å²) in [4.78, 5) is 12.9. The molecule has 0 amide bonds. The lowest BCUT2D eigenvalue weighted by atomic mass is 10.0. The summed E-state index contributed by atoms with van der Waals surface area (Å²) < 4.78 is 1.84. The first kappa shape index (κ1) is 13.9. The van der Waals surface area contributed by atoms with Crippen molar-refractivity contribution in [2.24, 2.45) is 0 Å². The van der Waals surface area contributed by atoms with Gasteiger partial charge in [0, 0.05) is 30.6 Å². The van der Waals surface area contributed by atoms with Gasteiger partial charge >= 0.3 is 0 Å². The van der Waals surface area contributed by atoms with Crippen molar-refractivity contribution in [2.75, 3.05) is 6.54 Å². The maximum Gasteiger partial charge on any atom is 0.271 e. The lowest BCUT2D eigenvalue weighted by molar-refractivity contribution is -0.384. The Labute approximate surface area is 133 Å². The summed E-state index contributed by atoms with van der Waals surface area (Å²) in [5.74, 6) is 0. The highest BCUT2D eigenvalue weighted by molar-refractivity contribution is 5.80. The van der Waals surface area contributed by atoms with E-state index in [2.05, 4.69) is 34.3 Å². The Morgan fingerprint density at radius 3 is 2.83 bits per heavy atom. The molecule has 2 heterocycles. The summed E-state index contributed by atoms with van der Waals surface area (Å²) in [6.07, 6.45) is 2.78. The number of hydrogen-bond donors (Lipinski definition) is 0. The van der Waals surface area contributed by atoms with E-state index in [1.807, 2.05) is 4.68 Å². The van der Waals surface area contributed by atoms with Gasteiger partial charge in [-0.05, 0) is 23.6 Å². The number of nitro benzene ring substituents is 1. The van der Waals surface area contributed by atoms with Gasteiger partial charge in [-0.25, -0.2) is 0 Å². The number of aromatic nitrogens is 2. The monoisotopic (exact) mass is 308 g/mol. The van der Waals surface area contributed by atoms with E-state index in [-0.39, 0.29) is 10.6 Å². The molecule has 6 heteroatoms. The lowest BCUT2D eigenvalue weighted by Crippen LogP contribution is -2.32. The summed E-state index contributed by atoms with van der Waals surface area (Å²) in [7, 11) is 0. The molecule has 6 nitrogen and oxygen atoms in total. The van der Waals surface area contributed by atoms with Crippen LogP contribution in [-0.2, 0) is 19.6 Å². The summed E-state index contributed by atoms with van der Waals surface area (Å²) in [5, 5.41) is 16.3. The van der Waals surface area contributed by atoms with Gasteiger partial charge in [-0.15, -0.1) is 0 Å². The van der Waals surface area contributed by atoms with Crippen LogP contribution in [0.5, 0.6) is 0 Å². The van der Waals surface area contributed by atoms with Gasteiger partial charge in [-0.2, -0.15) is 5.10 Å². The van der Waals surface area contributed by atoms with Gasteiger partial charge in [0.05, 0.1) is 23.3 Å². The maximum atomic E-state index is 11.0. The second-order valence-electron chi connectivity index (χ2n) is 5.86. The molecule has 3 aromatic rings. The van der Waals surface area contributed by atoms with Gasteiger partial charge in [0.2, 0.25) is 0 Å². The van der Waals surface area contributed by atoms with Crippen LogP contribution in [0.2, 0.25) is 0 Å². The van der Waals surface area contributed by atoms with Gasteiger partial charge in [0.25, 0.3) is 5.69 Å². The fourth-order valence-corrected chi connectivity index (χ4v) is 3.15. The van der Waals surface area contributed by atoms with Crippen LogP contribution >= 0.6 is 0 Å². The van der Waals surface area contributed by atoms with Crippen molar-refractivity contribution in [1.82, 2.24) is 14.7 Å². The molecule has 0 N–H and O–H groups in total.